The van der Waals surface area contributed by atoms with Crippen LogP contribution in [0.4, 0.5) is 8.78 Å². The van der Waals surface area contributed by atoms with Crippen molar-refractivity contribution in [3.63, 3.8) is 0 Å². The van der Waals surface area contributed by atoms with Gasteiger partial charge in [0.2, 0.25) is 0 Å². The largest absolute Gasteiger partial charge is 0.381 e. The Bertz CT molecular complexity index is 357. The Balaban J connectivity index is 2.04. The molecule has 0 bridgehead atoms. The molecule has 1 aliphatic rings. The summed E-state index contributed by atoms with van der Waals surface area (Å²) in [7, 11) is 0. The lowest BCUT2D eigenvalue weighted by atomic mass is 9.93. The fourth-order valence-electron chi connectivity index (χ4n) is 2.14. The lowest BCUT2D eigenvalue weighted by Crippen LogP contribution is -2.27. The second-order valence-corrected chi connectivity index (χ2v) is 4.96. The normalized spacial score (nSPS) is 22.4. The highest BCUT2D eigenvalue weighted by Crippen LogP contribution is 2.26. The minimum absolute atomic E-state index is 0.0815. The van der Waals surface area contributed by atoms with Crippen LogP contribution in [0.25, 0.3) is 0 Å². The smallest absolute Gasteiger partial charge is 0.129 e. The van der Waals surface area contributed by atoms with Gasteiger partial charge in [0.1, 0.15) is 11.6 Å². The van der Waals surface area contributed by atoms with Gasteiger partial charge in [0.05, 0.1) is 6.61 Å². The zero-order chi connectivity index (χ0) is 12.3. The van der Waals surface area contributed by atoms with Crippen LogP contribution in [0.3, 0.4) is 0 Å². The Kier molecular flexibility index (Phi) is 4.35. The van der Waals surface area contributed by atoms with Gasteiger partial charge in [-0.25, -0.2) is 8.78 Å². The Morgan fingerprint density at radius 2 is 2.06 bits per heavy atom. The zero-order valence-corrected chi connectivity index (χ0v) is 10.2. The highest BCUT2D eigenvalue weighted by molar-refractivity contribution is 6.20. The Hall–Kier alpha value is -0.670. The van der Waals surface area contributed by atoms with E-state index in [9.17, 15) is 8.78 Å². The molecule has 2 atom stereocenters. The van der Waals surface area contributed by atoms with Gasteiger partial charge < -0.3 is 4.74 Å². The third-order valence-electron chi connectivity index (χ3n) is 3.17. The Labute approximate surface area is 105 Å². The van der Waals surface area contributed by atoms with Crippen molar-refractivity contribution in [3.8, 4) is 0 Å². The maximum Gasteiger partial charge on any atom is 0.129 e. The van der Waals surface area contributed by atoms with Gasteiger partial charge in [-0.2, -0.15) is 0 Å². The van der Waals surface area contributed by atoms with Gasteiger partial charge >= 0.3 is 0 Å². The molecular weight excluding hydrogens is 246 g/mol. The molecule has 1 nitrogen and oxygen atoms in total. The van der Waals surface area contributed by atoms with Gasteiger partial charge in [-0.05, 0) is 37.3 Å². The van der Waals surface area contributed by atoms with E-state index in [4.69, 9.17) is 16.3 Å². The Morgan fingerprint density at radius 3 is 2.65 bits per heavy atom. The van der Waals surface area contributed by atoms with Crippen LogP contribution in [0.1, 0.15) is 18.4 Å². The molecule has 4 heteroatoms. The molecule has 2 rings (SSSR count). The molecule has 1 aromatic rings. The molecule has 0 spiro atoms. The number of halogens is 3. The monoisotopic (exact) mass is 260 g/mol. The number of ether oxygens (including phenoxy) is 1. The van der Waals surface area contributed by atoms with E-state index in [1.165, 1.54) is 18.2 Å². The van der Waals surface area contributed by atoms with E-state index in [2.05, 4.69) is 0 Å². The summed E-state index contributed by atoms with van der Waals surface area (Å²) in [6.45, 7) is 1.35. The molecule has 1 fully saturated rings. The topological polar surface area (TPSA) is 9.23 Å². The van der Waals surface area contributed by atoms with Crippen LogP contribution < -0.4 is 0 Å². The van der Waals surface area contributed by atoms with Gasteiger partial charge in [-0.15, -0.1) is 11.6 Å². The zero-order valence-electron chi connectivity index (χ0n) is 9.46. The van der Waals surface area contributed by atoms with Crippen LogP contribution in [0.5, 0.6) is 0 Å². The summed E-state index contributed by atoms with van der Waals surface area (Å²) in [5.41, 5.74) is 0.0815. The fourth-order valence-corrected chi connectivity index (χ4v) is 2.49. The SMILES string of the molecule is Fc1cccc(F)c1CC(Cl)C1CCCOC1. The van der Waals surface area contributed by atoms with E-state index in [1.54, 1.807) is 0 Å². The molecule has 0 aromatic heterocycles. The van der Waals surface area contributed by atoms with E-state index in [1.807, 2.05) is 0 Å². The summed E-state index contributed by atoms with van der Waals surface area (Å²) < 4.78 is 32.2. The number of alkyl halides is 1. The van der Waals surface area contributed by atoms with Crippen LogP contribution in [0, 0.1) is 17.6 Å². The highest BCUT2D eigenvalue weighted by Gasteiger charge is 2.24. The highest BCUT2D eigenvalue weighted by atomic mass is 35.5. The van der Waals surface area contributed by atoms with Crippen LogP contribution in [0.15, 0.2) is 18.2 Å². The van der Waals surface area contributed by atoms with Crippen molar-refractivity contribution >= 4 is 11.6 Å². The van der Waals surface area contributed by atoms with Gasteiger partial charge in [0.25, 0.3) is 0 Å². The van der Waals surface area contributed by atoms with Gasteiger partial charge in [0, 0.05) is 17.5 Å². The lowest BCUT2D eigenvalue weighted by molar-refractivity contribution is 0.0531. The first-order valence-corrected chi connectivity index (χ1v) is 6.27. The van der Waals surface area contributed by atoms with Crippen LogP contribution in [-0.4, -0.2) is 18.6 Å². The predicted molar refractivity (Wildman–Crippen MR) is 63.2 cm³/mol. The first-order valence-electron chi connectivity index (χ1n) is 5.83. The number of rotatable bonds is 3. The number of hydrogen-bond acceptors (Lipinski definition) is 1. The molecule has 1 aliphatic heterocycles. The third kappa shape index (κ3) is 3.17. The molecule has 2 unspecified atom stereocenters. The molecule has 0 amide bonds. The summed E-state index contributed by atoms with van der Waals surface area (Å²) in [5, 5.41) is -0.276. The summed E-state index contributed by atoms with van der Waals surface area (Å²) in [5.74, 6) is -0.857. The van der Waals surface area contributed by atoms with Crippen molar-refractivity contribution in [1.29, 1.82) is 0 Å². The van der Waals surface area contributed by atoms with Crippen LogP contribution >= 0.6 is 11.6 Å². The minimum Gasteiger partial charge on any atom is -0.381 e. The van der Waals surface area contributed by atoms with Crippen LogP contribution in [-0.2, 0) is 11.2 Å². The maximum absolute atomic E-state index is 13.4. The van der Waals surface area contributed by atoms with Crippen molar-refractivity contribution in [2.24, 2.45) is 5.92 Å². The third-order valence-corrected chi connectivity index (χ3v) is 3.68. The van der Waals surface area contributed by atoms with E-state index in [0.29, 0.717) is 6.61 Å². The number of benzene rings is 1. The summed E-state index contributed by atoms with van der Waals surface area (Å²) in [6, 6.07) is 3.89. The van der Waals surface area contributed by atoms with Gasteiger partial charge in [0.15, 0.2) is 0 Å². The summed E-state index contributed by atoms with van der Waals surface area (Å²) in [6.07, 6.45) is 2.14. The summed E-state index contributed by atoms with van der Waals surface area (Å²) in [4.78, 5) is 0. The summed E-state index contributed by atoms with van der Waals surface area (Å²) >= 11 is 6.22. The van der Waals surface area contributed by atoms with E-state index < -0.39 is 11.6 Å². The standard InChI is InChI=1S/C13H15ClF2O/c14-11(9-3-2-6-17-8-9)7-10-12(15)4-1-5-13(10)16/h1,4-5,9,11H,2-3,6-8H2. The lowest BCUT2D eigenvalue weighted by Gasteiger charge is -2.26. The van der Waals surface area contributed by atoms with Crippen molar-refractivity contribution < 1.29 is 13.5 Å². The molecular formula is C13H15ClF2O. The van der Waals surface area contributed by atoms with Crippen molar-refractivity contribution in [2.45, 2.75) is 24.6 Å². The average molecular weight is 261 g/mol. The maximum atomic E-state index is 13.4. The second kappa shape index (κ2) is 5.78. The molecule has 17 heavy (non-hydrogen) atoms. The number of hydrogen-bond donors (Lipinski definition) is 0. The van der Waals surface area contributed by atoms with Crippen molar-refractivity contribution in [3.05, 3.63) is 35.4 Å². The van der Waals surface area contributed by atoms with Gasteiger partial charge in [-0.3, -0.25) is 0 Å². The van der Waals surface area contributed by atoms with E-state index >= 15 is 0 Å². The molecule has 0 N–H and O–H groups in total. The van der Waals surface area contributed by atoms with E-state index in [0.717, 1.165) is 19.4 Å². The fraction of sp³-hybridized carbons (Fsp3) is 0.538. The van der Waals surface area contributed by atoms with Crippen LogP contribution in [0.2, 0.25) is 0 Å². The average Bonchev–Trinajstić information content (AvgIpc) is 2.35. The molecule has 0 radical (unpaired) electrons. The quantitative estimate of drug-likeness (QED) is 0.756. The molecule has 1 saturated heterocycles. The van der Waals surface area contributed by atoms with Crippen molar-refractivity contribution in [2.75, 3.05) is 13.2 Å². The molecule has 0 aliphatic carbocycles. The first kappa shape index (κ1) is 12.8. The molecule has 1 heterocycles. The minimum atomic E-state index is -0.521. The molecule has 1 aromatic carbocycles. The predicted octanol–water partition coefficient (Wildman–Crippen LogP) is 3.54. The van der Waals surface area contributed by atoms with Crippen molar-refractivity contribution in [1.82, 2.24) is 0 Å². The van der Waals surface area contributed by atoms with Gasteiger partial charge in [-0.1, -0.05) is 6.07 Å². The second-order valence-electron chi connectivity index (χ2n) is 4.40. The molecule has 0 saturated carbocycles. The first-order chi connectivity index (χ1) is 8.18. The Morgan fingerprint density at radius 1 is 1.35 bits per heavy atom. The van der Waals surface area contributed by atoms with E-state index in [-0.39, 0.29) is 23.3 Å². The molecule has 94 valence electrons.